The zero-order valence-corrected chi connectivity index (χ0v) is 10.8. The molecule has 0 aliphatic heterocycles. The summed E-state index contributed by atoms with van der Waals surface area (Å²) in [5.74, 6) is -0.511. The van der Waals surface area contributed by atoms with E-state index in [1.165, 1.54) is 7.05 Å². The molecule has 18 heavy (non-hydrogen) atoms. The molecule has 0 spiro atoms. The number of primary sulfonamides is 1. The molecule has 6 N–H and O–H groups in total. The largest absolute Gasteiger partial charge is 0.399 e. The molecule has 7 nitrogen and oxygen atoms in total. The molecular formula is C10H16N4O3S. The van der Waals surface area contributed by atoms with E-state index < -0.39 is 10.0 Å². The fraction of sp³-hybridized carbons (Fsp3) is 0.300. The van der Waals surface area contributed by atoms with Crippen LogP contribution in [0, 0.1) is 0 Å². The molecule has 1 rings (SSSR count). The van der Waals surface area contributed by atoms with Crippen LogP contribution in [-0.2, 0) is 10.0 Å². The van der Waals surface area contributed by atoms with Gasteiger partial charge in [-0.05, 0) is 18.2 Å². The standard InChI is InChI=1S/C10H16N4O3S/c1-13-10(15)8-3-2-7(11)6-9(8)14-4-5-18(12,16)17/h2-3,6,14H,4-5,11H2,1H3,(H,13,15)(H2,12,16,17). The fourth-order valence-corrected chi connectivity index (χ4v) is 1.76. The number of hydrogen-bond donors (Lipinski definition) is 4. The van der Waals surface area contributed by atoms with Crippen LogP contribution in [-0.4, -0.2) is 33.7 Å². The number of rotatable bonds is 5. The second kappa shape index (κ2) is 5.69. The molecule has 1 aromatic rings. The highest BCUT2D eigenvalue weighted by molar-refractivity contribution is 7.89. The van der Waals surface area contributed by atoms with Crippen molar-refractivity contribution in [3.8, 4) is 0 Å². The SMILES string of the molecule is CNC(=O)c1ccc(N)cc1NCCS(N)(=O)=O. The molecule has 1 amide bonds. The predicted octanol–water partition coefficient (Wildman–Crippen LogP) is -0.671. The Labute approximate surface area is 106 Å². The summed E-state index contributed by atoms with van der Waals surface area (Å²) in [7, 11) is -2.03. The lowest BCUT2D eigenvalue weighted by Gasteiger charge is -2.11. The average Bonchev–Trinajstić information content (AvgIpc) is 2.26. The van der Waals surface area contributed by atoms with Gasteiger partial charge in [-0.3, -0.25) is 4.79 Å². The van der Waals surface area contributed by atoms with Crippen molar-refractivity contribution in [3.63, 3.8) is 0 Å². The summed E-state index contributed by atoms with van der Waals surface area (Å²) in [6.45, 7) is 0.103. The first-order valence-corrected chi connectivity index (χ1v) is 6.91. The van der Waals surface area contributed by atoms with Crippen LogP contribution in [0.3, 0.4) is 0 Å². The first-order chi connectivity index (χ1) is 8.33. The molecule has 1 aromatic carbocycles. The topological polar surface area (TPSA) is 127 Å². The van der Waals surface area contributed by atoms with Crippen LogP contribution < -0.4 is 21.5 Å². The summed E-state index contributed by atoms with van der Waals surface area (Å²) in [6.07, 6.45) is 0. The zero-order chi connectivity index (χ0) is 13.8. The van der Waals surface area contributed by atoms with E-state index in [0.29, 0.717) is 16.9 Å². The number of carbonyl (C=O) groups excluding carboxylic acids is 1. The van der Waals surface area contributed by atoms with E-state index in [1.807, 2.05) is 0 Å². The summed E-state index contributed by atoms with van der Waals surface area (Å²) in [5, 5.41) is 10.2. The molecule has 0 fully saturated rings. The maximum absolute atomic E-state index is 11.6. The molecule has 0 bridgehead atoms. The number of nitrogens with two attached hydrogens (primary N) is 2. The van der Waals surface area contributed by atoms with Gasteiger partial charge in [-0.25, -0.2) is 13.6 Å². The number of benzene rings is 1. The minimum Gasteiger partial charge on any atom is -0.399 e. The Bertz CT molecular complexity index is 542. The highest BCUT2D eigenvalue weighted by Gasteiger charge is 2.10. The zero-order valence-electron chi connectivity index (χ0n) is 9.93. The van der Waals surface area contributed by atoms with Gasteiger partial charge in [0, 0.05) is 25.0 Å². The lowest BCUT2D eigenvalue weighted by molar-refractivity contribution is 0.0964. The van der Waals surface area contributed by atoms with Gasteiger partial charge in [0.15, 0.2) is 0 Å². The molecule has 100 valence electrons. The first-order valence-electron chi connectivity index (χ1n) is 5.19. The molecule has 0 saturated carbocycles. The molecule has 8 heteroatoms. The van der Waals surface area contributed by atoms with E-state index in [9.17, 15) is 13.2 Å². The van der Waals surface area contributed by atoms with Crippen LogP contribution >= 0.6 is 0 Å². The lowest BCUT2D eigenvalue weighted by atomic mass is 10.1. The summed E-state index contributed by atoms with van der Waals surface area (Å²) < 4.78 is 21.6. The summed E-state index contributed by atoms with van der Waals surface area (Å²) >= 11 is 0. The van der Waals surface area contributed by atoms with Crippen molar-refractivity contribution in [2.45, 2.75) is 0 Å². The molecular weight excluding hydrogens is 256 g/mol. The Hall–Kier alpha value is -1.80. The Morgan fingerprint density at radius 3 is 2.61 bits per heavy atom. The first kappa shape index (κ1) is 14.3. The van der Waals surface area contributed by atoms with E-state index in [0.717, 1.165) is 0 Å². The number of nitrogen functional groups attached to an aromatic ring is 1. The van der Waals surface area contributed by atoms with Gasteiger partial charge in [0.2, 0.25) is 10.0 Å². The maximum atomic E-state index is 11.6. The third-order valence-electron chi connectivity index (χ3n) is 2.22. The number of nitrogens with one attached hydrogen (secondary N) is 2. The van der Waals surface area contributed by atoms with E-state index >= 15 is 0 Å². The van der Waals surface area contributed by atoms with Gasteiger partial charge in [-0.1, -0.05) is 0 Å². The molecule has 0 radical (unpaired) electrons. The van der Waals surface area contributed by atoms with E-state index in [-0.39, 0.29) is 18.2 Å². The van der Waals surface area contributed by atoms with Gasteiger partial charge >= 0.3 is 0 Å². The highest BCUT2D eigenvalue weighted by Crippen LogP contribution is 2.18. The van der Waals surface area contributed by atoms with Crippen molar-refractivity contribution in [3.05, 3.63) is 23.8 Å². The van der Waals surface area contributed by atoms with E-state index in [4.69, 9.17) is 10.9 Å². The molecule has 0 heterocycles. The number of sulfonamides is 1. The summed E-state index contributed by atoms with van der Waals surface area (Å²) in [6, 6.07) is 4.72. The van der Waals surface area contributed by atoms with Crippen molar-refractivity contribution in [2.75, 3.05) is 30.4 Å². The second-order valence-electron chi connectivity index (χ2n) is 3.68. The minimum atomic E-state index is -3.54. The monoisotopic (exact) mass is 272 g/mol. The highest BCUT2D eigenvalue weighted by atomic mass is 32.2. The predicted molar refractivity (Wildman–Crippen MR) is 70.7 cm³/mol. The fourth-order valence-electron chi connectivity index (χ4n) is 1.37. The third kappa shape index (κ3) is 4.22. The normalized spacial score (nSPS) is 11.0. The van der Waals surface area contributed by atoms with Gasteiger partial charge < -0.3 is 16.4 Å². The van der Waals surface area contributed by atoms with Gasteiger partial charge in [-0.2, -0.15) is 0 Å². The van der Waals surface area contributed by atoms with Crippen LogP contribution in [0.15, 0.2) is 18.2 Å². The molecule has 0 aromatic heterocycles. The second-order valence-corrected chi connectivity index (χ2v) is 5.41. The Balaban J connectivity index is 2.86. The molecule has 0 atom stereocenters. The lowest BCUT2D eigenvalue weighted by Crippen LogP contribution is -2.24. The average molecular weight is 272 g/mol. The van der Waals surface area contributed by atoms with Crippen LogP contribution in [0.5, 0.6) is 0 Å². The quantitative estimate of drug-likeness (QED) is 0.528. The maximum Gasteiger partial charge on any atom is 0.253 e. The van der Waals surface area contributed by atoms with E-state index in [1.54, 1.807) is 18.2 Å². The Morgan fingerprint density at radius 1 is 1.39 bits per heavy atom. The minimum absolute atomic E-state index is 0.103. The van der Waals surface area contributed by atoms with Gasteiger partial charge in [0.05, 0.1) is 11.3 Å². The molecule has 0 unspecified atom stereocenters. The number of amides is 1. The van der Waals surface area contributed by atoms with Crippen LogP contribution in [0.1, 0.15) is 10.4 Å². The summed E-state index contributed by atoms with van der Waals surface area (Å²) in [5.41, 5.74) is 6.95. The number of carbonyl (C=O) groups is 1. The van der Waals surface area contributed by atoms with Crippen molar-refractivity contribution >= 4 is 27.3 Å². The summed E-state index contributed by atoms with van der Waals surface area (Å²) in [4.78, 5) is 11.6. The molecule has 0 aliphatic rings. The van der Waals surface area contributed by atoms with Crippen molar-refractivity contribution in [2.24, 2.45) is 5.14 Å². The van der Waals surface area contributed by atoms with Gasteiger partial charge in [0.25, 0.3) is 5.91 Å². The van der Waals surface area contributed by atoms with E-state index in [2.05, 4.69) is 10.6 Å². The van der Waals surface area contributed by atoms with Crippen molar-refractivity contribution in [1.29, 1.82) is 0 Å². The Morgan fingerprint density at radius 2 is 2.06 bits per heavy atom. The van der Waals surface area contributed by atoms with Crippen LogP contribution in [0.4, 0.5) is 11.4 Å². The number of anilines is 2. The van der Waals surface area contributed by atoms with Gasteiger partial charge in [0.1, 0.15) is 0 Å². The Kier molecular flexibility index (Phi) is 4.51. The molecule has 0 saturated heterocycles. The molecule has 0 aliphatic carbocycles. The third-order valence-corrected chi connectivity index (χ3v) is 2.99. The van der Waals surface area contributed by atoms with Crippen molar-refractivity contribution in [1.82, 2.24) is 5.32 Å². The van der Waals surface area contributed by atoms with Gasteiger partial charge in [-0.15, -0.1) is 0 Å². The number of hydrogen-bond acceptors (Lipinski definition) is 5. The smallest absolute Gasteiger partial charge is 0.253 e. The van der Waals surface area contributed by atoms with Crippen LogP contribution in [0.2, 0.25) is 0 Å². The van der Waals surface area contributed by atoms with Crippen LogP contribution in [0.25, 0.3) is 0 Å². The van der Waals surface area contributed by atoms with Crippen molar-refractivity contribution < 1.29 is 13.2 Å².